The number of allylic oxidation sites excluding steroid dienone is 1. The van der Waals surface area contributed by atoms with E-state index in [1.54, 1.807) is 25.3 Å². The summed E-state index contributed by atoms with van der Waals surface area (Å²) in [6, 6.07) is 14.7. The maximum absolute atomic E-state index is 9.77. The van der Waals surface area contributed by atoms with Crippen LogP contribution >= 0.6 is 23.2 Å². The second-order valence-corrected chi connectivity index (χ2v) is 6.92. The Morgan fingerprint density at radius 1 is 1.14 bits per heavy atom. The minimum absolute atomic E-state index is 0.0243. The van der Waals surface area contributed by atoms with Crippen LogP contribution < -0.4 is 15.2 Å². The Morgan fingerprint density at radius 3 is 2.43 bits per heavy atom. The molecule has 0 saturated heterocycles. The summed E-state index contributed by atoms with van der Waals surface area (Å²) < 4.78 is 10.8. The van der Waals surface area contributed by atoms with Crippen LogP contribution in [0.1, 0.15) is 17.0 Å². The average Bonchev–Trinajstić information content (AvgIpc) is 3.11. The van der Waals surface area contributed by atoms with Crippen molar-refractivity contribution in [1.82, 2.24) is 10.2 Å². The Hall–Kier alpha value is -3.14. The van der Waals surface area contributed by atoms with E-state index in [4.69, 9.17) is 38.4 Å². The molecule has 3 N–H and O–H groups in total. The zero-order valence-corrected chi connectivity index (χ0v) is 16.2. The SMILES string of the molecule is COc1ccc(-c2[nH]nc3c2C(c2c(Cl)cccc2Cl)C(C#N)=C(N)O3)cc1. The van der Waals surface area contributed by atoms with Crippen molar-refractivity contribution >= 4 is 23.2 Å². The van der Waals surface area contributed by atoms with Crippen LogP contribution in [0.2, 0.25) is 10.0 Å². The van der Waals surface area contributed by atoms with Crippen LogP contribution in [0.5, 0.6) is 11.6 Å². The number of H-pyrrole nitrogens is 1. The molecule has 0 radical (unpaired) electrons. The summed E-state index contributed by atoms with van der Waals surface area (Å²) in [7, 11) is 1.60. The predicted octanol–water partition coefficient (Wildman–Crippen LogP) is 4.61. The number of benzene rings is 2. The number of halogens is 2. The van der Waals surface area contributed by atoms with Gasteiger partial charge in [0.2, 0.25) is 11.8 Å². The molecule has 1 aliphatic rings. The van der Waals surface area contributed by atoms with Crippen molar-refractivity contribution in [3.63, 3.8) is 0 Å². The van der Waals surface area contributed by atoms with Crippen molar-refractivity contribution in [3.05, 3.63) is 75.1 Å². The molecule has 2 heterocycles. The number of rotatable bonds is 3. The maximum atomic E-state index is 9.77. The predicted molar refractivity (Wildman–Crippen MR) is 106 cm³/mol. The standard InChI is InChI=1S/C20H14Cl2N4O2/c1-27-11-7-5-10(6-8-11)18-17-15(16-13(21)3-2-4-14(16)22)12(9-23)19(24)28-20(17)26-25-18/h2-8,15H,24H2,1H3,(H,25,26). The van der Waals surface area contributed by atoms with E-state index in [1.807, 2.05) is 24.3 Å². The number of nitrogens with one attached hydrogen (secondary N) is 1. The number of fused-ring (bicyclic) bond motifs is 1. The van der Waals surface area contributed by atoms with Crippen molar-refractivity contribution in [2.45, 2.75) is 5.92 Å². The van der Waals surface area contributed by atoms with Crippen molar-refractivity contribution < 1.29 is 9.47 Å². The quantitative estimate of drug-likeness (QED) is 0.654. The normalized spacial score (nSPS) is 15.6. The van der Waals surface area contributed by atoms with Gasteiger partial charge in [-0.15, -0.1) is 5.10 Å². The summed E-state index contributed by atoms with van der Waals surface area (Å²) in [5, 5.41) is 17.8. The van der Waals surface area contributed by atoms with Crippen LogP contribution in [-0.4, -0.2) is 17.3 Å². The lowest BCUT2D eigenvalue weighted by molar-refractivity contribution is 0.379. The van der Waals surface area contributed by atoms with Crippen LogP contribution in [0.3, 0.4) is 0 Å². The lowest BCUT2D eigenvalue weighted by Crippen LogP contribution is -2.21. The first-order valence-electron chi connectivity index (χ1n) is 8.29. The molecule has 6 nitrogen and oxygen atoms in total. The number of nitrogens with two attached hydrogens (primary N) is 1. The molecule has 140 valence electrons. The van der Waals surface area contributed by atoms with Crippen molar-refractivity contribution in [2.24, 2.45) is 5.73 Å². The third-order valence-corrected chi connectivity index (χ3v) is 5.27. The number of methoxy groups -OCH3 is 1. The fourth-order valence-electron chi connectivity index (χ4n) is 3.30. The van der Waals surface area contributed by atoms with E-state index in [-0.39, 0.29) is 17.3 Å². The molecule has 0 spiro atoms. The van der Waals surface area contributed by atoms with Gasteiger partial charge in [0.25, 0.3) is 0 Å². The minimum atomic E-state index is -0.620. The van der Waals surface area contributed by atoms with Gasteiger partial charge < -0.3 is 15.2 Å². The molecule has 1 atom stereocenters. The molecule has 0 amide bonds. The van der Waals surface area contributed by atoms with Gasteiger partial charge in [-0.2, -0.15) is 5.26 Å². The largest absolute Gasteiger partial charge is 0.497 e. The van der Waals surface area contributed by atoms with E-state index in [0.717, 1.165) is 11.3 Å². The summed E-state index contributed by atoms with van der Waals surface area (Å²) in [5.74, 6) is 0.360. The van der Waals surface area contributed by atoms with Crippen LogP contribution in [0.15, 0.2) is 53.9 Å². The Balaban J connectivity index is 1.97. The summed E-state index contributed by atoms with van der Waals surface area (Å²) in [6.45, 7) is 0. The summed E-state index contributed by atoms with van der Waals surface area (Å²) in [4.78, 5) is 0. The lowest BCUT2D eigenvalue weighted by Gasteiger charge is -2.25. The molecular formula is C20H14Cl2N4O2. The highest BCUT2D eigenvalue weighted by Crippen LogP contribution is 2.49. The molecule has 1 aromatic heterocycles. The van der Waals surface area contributed by atoms with Gasteiger partial charge in [0, 0.05) is 21.2 Å². The smallest absolute Gasteiger partial charge is 0.244 e. The molecule has 0 fully saturated rings. The second-order valence-electron chi connectivity index (χ2n) is 6.11. The number of aromatic nitrogens is 2. The molecule has 1 aliphatic heterocycles. The lowest BCUT2D eigenvalue weighted by atomic mass is 9.83. The van der Waals surface area contributed by atoms with Crippen LogP contribution in [0.4, 0.5) is 0 Å². The first-order chi connectivity index (χ1) is 13.5. The van der Waals surface area contributed by atoms with E-state index in [2.05, 4.69) is 16.3 Å². The van der Waals surface area contributed by atoms with E-state index in [0.29, 0.717) is 26.9 Å². The third-order valence-electron chi connectivity index (χ3n) is 4.61. The molecule has 28 heavy (non-hydrogen) atoms. The third kappa shape index (κ3) is 2.85. The number of aromatic amines is 1. The Labute approximate surface area is 171 Å². The molecule has 0 saturated carbocycles. The van der Waals surface area contributed by atoms with Gasteiger partial charge in [-0.05, 0) is 36.4 Å². The fourth-order valence-corrected chi connectivity index (χ4v) is 3.91. The Kier molecular flexibility index (Phi) is 4.63. The number of hydrogen-bond donors (Lipinski definition) is 2. The fraction of sp³-hybridized carbons (Fsp3) is 0.100. The summed E-state index contributed by atoms with van der Waals surface area (Å²) >= 11 is 12.9. The highest BCUT2D eigenvalue weighted by atomic mass is 35.5. The van der Waals surface area contributed by atoms with Crippen molar-refractivity contribution in [2.75, 3.05) is 7.11 Å². The van der Waals surface area contributed by atoms with E-state index in [1.165, 1.54) is 0 Å². The first-order valence-corrected chi connectivity index (χ1v) is 9.05. The number of nitrogens with zero attached hydrogens (tertiary/aromatic N) is 2. The van der Waals surface area contributed by atoms with Gasteiger partial charge in [0.05, 0.1) is 24.3 Å². The Morgan fingerprint density at radius 2 is 1.82 bits per heavy atom. The second kappa shape index (κ2) is 7.12. The van der Waals surface area contributed by atoms with E-state index in [9.17, 15) is 5.26 Å². The van der Waals surface area contributed by atoms with Crippen LogP contribution in [-0.2, 0) is 0 Å². The molecular weight excluding hydrogens is 399 g/mol. The minimum Gasteiger partial charge on any atom is -0.497 e. The molecule has 3 aromatic rings. The number of hydrogen-bond acceptors (Lipinski definition) is 5. The molecule has 1 unspecified atom stereocenters. The zero-order valence-electron chi connectivity index (χ0n) is 14.7. The molecule has 0 aliphatic carbocycles. The van der Waals surface area contributed by atoms with Crippen molar-refractivity contribution in [1.29, 1.82) is 5.26 Å². The first kappa shape index (κ1) is 18.2. The highest BCUT2D eigenvalue weighted by molar-refractivity contribution is 6.36. The van der Waals surface area contributed by atoms with Gasteiger partial charge in [0.1, 0.15) is 17.4 Å². The average molecular weight is 413 g/mol. The molecule has 8 heteroatoms. The van der Waals surface area contributed by atoms with Crippen LogP contribution in [0.25, 0.3) is 11.3 Å². The van der Waals surface area contributed by atoms with E-state index >= 15 is 0 Å². The number of nitriles is 1. The van der Waals surface area contributed by atoms with Gasteiger partial charge in [-0.3, -0.25) is 5.10 Å². The Bertz CT molecular complexity index is 1110. The monoisotopic (exact) mass is 412 g/mol. The van der Waals surface area contributed by atoms with E-state index < -0.39 is 5.92 Å². The van der Waals surface area contributed by atoms with Gasteiger partial charge in [0.15, 0.2) is 0 Å². The summed E-state index contributed by atoms with van der Waals surface area (Å²) in [6.07, 6.45) is 0. The van der Waals surface area contributed by atoms with Crippen LogP contribution in [0, 0.1) is 11.3 Å². The maximum Gasteiger partial charge on any atom is 0.244 e. The van der Waals surface area contributed by atoms with Gasteiger partial charge >= 0.3 is 0 Å². The topological polar surface area (TPSA) is 97.0 Å². The van der Waals surface area contributed by atoms with Gasteiger partial charge in [-0.1, -0.05) is 29.3 Å². The van der Waals surface area contributed by atoms with Crippen molar-refractivity contribution in [3.8, 4) is 29.0 Å². The molecule has 0 bridgehead atoms. The molecule has 4 rings (SSSR count). The molecule has 2 aromatic carbocycles. The summed E-state index contributed by atoms with van der Waals surface area (Å²) in [5.41, 5.74) is 8.95. The highest BCUT2D eigenvalue weighted by Gasteiger charge is 2.37. The van der Waals surface area contributed by atoms with Gasteiger partial charge in [-0.25, -0.2) is 0 Å². The zero-order chi connectivity index (χ0) is 19.8. The number of ether oxygens (including phenoxy) is 2.